The number of aromatic nitrogens is 4. The van der Waals surface area contributed by atoms with Gasteiger partial charge in [-0.2, -0.15) is 4.98 Å². The third kappa shape index (κ3) is 5.57. The van der Waals surface area contributed by atoms with Crippen molar-refractivity contribution in [1.82, 2.24) is 24.8 Å². The van der Waals surface area contributed by atoms with Gasteiger partial charge in [-0.05, 0) is 12.5 Å². The molecule has 0 spiro atoms. The van der Waals surface area contributed by atoms with E-state index in [0.29, 0.717) is 45.3 Å². The first-order chi connectivity index (χ1) is 17.6. The lowest BCUT2D eigenvalue weighted by atomic mass is 10.2. The number of carbonyl (C=O) groups is 2. The Morgan fingerprint density at radius 1 is 0.917 bits per heavy atom. The van der Waals surface area contributed by atoms with Crippen molar-refractivity contribution in [3.63, 3.8) is 0 Å². The fraction of sp³-hybridized carbons (Fsp3) is 0.440. The highest BCUT2D eigenvalue weighted by Crippen LogP contribution is 2.32. The summed E-state index contributed by atoms with van der Waals surface area (Å²) in [6, 6.07) is 10.3. The summed E-state index contributed by atoms with van der Waals surface area (Å²) in [6.45, 7) is 6.43. The number of anilines is 2. The van der Waals surface area contributed by atoms with E-state index >= 15 is 0 Å². The Bertz CT molecular complexity index is 1230. The summed E-state index contributed by atoms with van der Waals surface area (Å²) in [5.74, 6) is 1.94. The molecular formula is C25H29N7O3S. The Labute approximate surface area is 214 Å². The van der Waals surface area contributed by atoms with Crippen LogP contribution in [0.15, 0.2) is 41.7 Å². The highest BCUT2D eigenvalue weighted by molar-refractivity contribution is 7.98. The third-order valence-electron chi connectivity index (χ3n) is 6.26. The second-order valence-corrected chi connectivity index (χ2v) is 9.81. The zero-order chi connectivity index (χ0) is 24.9. The van der Waals surface area contributed by atoms with E-state index in [9.17, 15) is 9.59 Å². The average molecular weight is 508 g/mol. The first kappa shape index (κ1) is 24.4. The molecule has 11 heteroatoms. The molecule has 0 saturated carbocycles. The fourth-order valence-corrected chi connectivity index (χ4v) is 5.25. The fourth-order valence-electron chi connectivity index (χ4n) is 4.35. The second kappa shape index (κ2) is 11.2. The van der Waals surface area contributed by atoms with Crippen LogP contribution in [0, 0.1) is 0 Å². The molecule has 2 aliphatic rings. The molecule has 5 rings (SSSR count). The molecule has 0 aliphatic carbocycles. The predicted octanol–water partition coefficient (Wildman–Crippen LogP) is 2.18. The molecule has 0 unspecified atom stereocenters. The van der Waals surface area contributed by atoms with Gasteiger partial charge in [0.05, 0.1) is 19.6 Å². The zero-order valence-electron chi connectivity index (χ0n) is 20.3. The van der Waals surface area contributed by atoms with Crippen molar-refractivity contribution in [1.29, 1.82) is 0 Å². The highest BCUT2D eigenvalue weighted by Gasteiger charge is 2.26. The molecule has 188 valence electrons. The smallest absolute Gasteiger partial charge is 0.230 e. The Hall–Kier alpha value is -3.31. The lowest BCUT2D eigenvalue weighted by Gasteiger charge is -2.35. The molecule has 1 amide bonds. The summed E-state index contributed by atoms with van der Waals surface area (Å²) < 4.78 is 5.56. The Morgan fingerprint density at radius 3 is 2.39 bits per heavy atom. The monoisotopic (exact) mass is 507 g/mol. The number of ether oxygens (including phenoxy) is 1. The Morgan fingerprint density at radius 2 is 1.67 bits per heavy atom. The summed E-state index contributed by atoms with van der Waals surface area (Å²) in [5, 5.41) is 0.817. The summed E-state index contributed by atoms with van der Waals surface area (Å²) in [6.07, 6.45) is 1.54. The van der Waals surface area contributed by atoms with E-state index in [0.717, 1.165) is 40.7 Å². The molecule has 3 aromatic rings. The van der Waals surface area contributed by atoms with Crippen LogP contribution in [-0.2, 0) is 20.1 Å². The molecule has 1 aromatic carbocycles. The van der Waals surface area contributed by atoms with Gasteiger partial charge in [0.15, 0.2) is 5.82 Å². The van der Waals surface area contributed by atoms with Crippen LogP contribution in [0.1, 0.15) is 18.9 Å². The largest absolute Gasteiger partial charge is 0.378 e. The van der Waals surface area contributed by atoms with Gasteiger partial charge in [-0.3, -0.25) is 9.59 Å². The summed E-state index contributed by atoms with van der Waals surface area (Å²) in [4.78, 5) is 48.8. The van der Waals surface area contributed by atoms with E-state index in [4.69, 9.17) is 14.7 Å². The third-order valence-corrected chi connectivity index (χ3v) is 7.31. The summed E-state index contributed by atoms with van der Waals surface area (Å²) >= 11 is 1.64. The molecule has 2 aromatic heterocycles. The van der Waals surface area contributed by atoms with Crippen molar-refractivity contribution >= 4 is 46.3 Å². The molecule has 0 atom stereocenters. The van der Waals surface area contributed by atoms with E-state index in [-0.39, 0.29) is 18.1 Å². The first-order valence-electron chi connectivity index (χ1n) is 12.1. The van der Waals surface area contributed by atoms with Gasteiger partial charge in [0, 0.05) is 45.0 Å². The number of rotatable bonds is 7. The quantitative estimate of drug-likeness (QED) is 0.268. The number of ketones is 1. The van der Waals surface area contributed by atoms with Crippen LogP contribution in [-0.4, -0.2) is 89.0 Å². The van der Waals surface area contributed by atoms with Crippen molar-refractivity contribution in [3.8, 4) is 0 Å². The van der Waals surface area contributed by atoms with Crippen LogP contribution in [0.3, 0.4) is 0 Å². The number of nitrogens with zero attached hydrogens (tertiary/aromatic N) is 7. The number of thioether (sulfide) groups is 1. The van der Waals surface area contributed by atoms with E-state index in [1.807, 2.05) is 18.2 Å². The maximum Gasteiger partial charge on any atom is 0.230 e. The second-order valence-electron chi connectivity index (χ2n) is 8.84. The highest BCUT2D eigenvalue weighted by atomic mass is 32.2. The van der Waals surface area contributed by atoms with Gasteiger partial charge in [0.25, 0.3) is 0 Å². The molecule has 36 heavy (non-hydrogen) atoms. The zero-order valence-corrected chi connectivity index (χ0v) is 21.1. The van der Waals surface area contributed by atoms with Crippen molar-refractivity contribution in [3.05, 3.63) is 42.2 Å². The SMILES string of the molecule is CC(=O)CC(=O)N1CCN(c2nc(N3CCOCC3)c3ncnc(SCc4ccccc4)c3n2)CC1. The molecule has 10 nitrogen and oxygen atoms in total. The normalized spacial score (nSPS) is 16.4. The van der Waals surface area contributed by atoms with Crippen LogP contribution in [0.25, 0.3) is 11.0 Å². The van der Waals surface area contributed by atoms with Crippen LogP contribution in [0.2, 0.25) is 0 Å². The summed E-state index contributed by atoms with van der Waals surface area (Å²) in [5.41, 5.74) is 2.68. The van der Waals surface area contributed by atoms with Crippen LogP contribution in [0.5, 0.6) is 0 Å². The minimum absolute atomic E-state index is 0.0486. The average Bonchev–Trinajstić information content (AvgIpc) is 2.92. The number of carbonyl (C=O) groups excluding carboxylic acids is 2. The number of benzene rings is 1. The molecular weight excluding hydrogens is 478 g/mol. The van der Waals surface area contributed by atoms with Crippen LogP contribution >= 0.6 is 11.8 Å². The van der Waals surface area contributed by atoms with Gasteiger partial charge in [-0.25, -0.2) is 15.0 Å². The van der Waals surface area contributed by atoms with Crippen molar-refractivity contribution < 1.29 is 14.3 Å². The molecule has 0 bridgehead atoms. The maximum atomic E-state index is 12.3. The van der Waals surface area contributed by atoms with Crippen LogP contribution < -0.4 is 9.80 Å². The van der Waals surface area contributed by atoms with Gasteiger partial charge < -0.3 is 19.4 Å². The van der Waals surface area contributed by atoms with E-state index in [1.54, 1.807) is 23.0 Å². The number of hydrogen-bond donors (Lipinski definition) is 0. The Balaban J connectivity index is 1.44. The number of piperazine rings is 1. The van der Waals surface area contributed by atoms with Crippen molar-refractivity contribution in [2.75, 3.05) is 62.3 Å². The molecule has 2 aliphatic heterocycles. The lowest BCUT2D eigenvalue weighted by Crippen LogP contribution is -2.49. The molecule has 2 saturated heterocycles. The molecule has 2 fully saturated rings. The predicted molar refractivity (Wildman–Crippen MR) is 138 cm³/mol. The lowest BCUT2D eigenvalue weighted by molar-refractivity contribution is -0.135. The number of amides is 1. The minimum Gasteiger partial charge on any atom is -0.378 e. The van der Waals surface area contributed by atoms with E-state index < -0.39 is 0 Å². The number of hydrogen-bond acceptors (Lipinski definition) is 10. The maximum absolute atomic E-state index is 12.3. The van der Waals surface area contributed by atoms with Crippen LogP contribution in [0.4, 0.5) is 11.8 Å². The van der Waals surface area contributed by atoms with E-state index in [1.165, 1.54) is 12.5 Å². The molecule has 0 N–H and O–H groups in total. The standard InChI is InChI=1S/C25H29N7O3S/c1-18(33)15-20(34)30-7-9-32(10-8-30)25-28-22-21(23(29-25)31-11-13-35-14-12-31)26-17-27-24(22)36-16-19-5-3-2-4-6-19/h2-6,17H,7-16H2,1H3. The summed E-state index contributed by atoms with van der Waals surface area (Å²) in [7, 11) is 0. The minimum atomic E-state index is -0.122. The van der Waals surface area contributed by atoms with Gasteiger partial charge in [-0.15, -0.1) is 0 Å². The van der Waals surface area contributed by atoms with Gasteiger partial charge in [0.1, 0.15) is 28.2 Å². The number of Topliss-reactive ketones (excluding diaryl/α,β-unsaturated/α-hetero) is 1. The van der Waals surface area contributed by atoms with Gasteiger partial charge in [0.2, 0.25) is 11.9 Å². The number of morpholine rings is 1. The van der Waals surface area contributed by atoms with E-state index in [2.05, 4.69) is 31.9 Å². The molecule has 4 heterocycles. The van der Waals surface area contributed by atoms with Gasteiger partial charge in [-0.1, -0.05) is 42.1 Å². The first-order valence-corrected chi connectivity index (χ1v) is 13.1. The van der Waals surface area contributed by atoms with Crippen molar-refractivity contribution in [2.45, 2.75) is 24.1 Å². The van der Waals surface area contributed by atoms with Crippen molar-refractivity contribution in [2.24, 2.45) is 0 Å². The number of fused-ring (bicyclic) bond motifs is 1. The topological polar surface area (TPSA) is 105 Å². The Kier molecular flexibility index (Phi) is 7.57. The molecule has 0 radical (unpaired) electrons. The van der Waals surface area contributed by atoms with Gasteiger partial charge >= 0.3 is 0 Å².